The molecule has 0 saturated carbocycles. The zero-order valence-corrected chi connectivity index (χ0v) is 35.1. The van der Waals surface area contributed by atoms with Crippen LogP contribution in [0.25, 0.3) is 121 Å². The molecule has 0 N–H and O–H groups in total. The molecule has 0 fully saturated rings. The summed E-state index contributed by atoms with van der Waals surface area (Å²) in [4.78, 5) is 15.9. The lowest BCUT2D eigenvalue weighted by atomic mass is 9.83. The van der Waals surface area contributed by atoms with Gasteiger partial charge in [0.2, 0.25) is 0 Å². The van der Waals surface area contributed by atoms with Crippen LogP contribution in [0.3, 0.4) is 0 Å². The lowest BCUT2D eigenvalue weighted by Crippen LogP contribution is -2.04. The van der Waals surface area contributed by atoms with E-state index in [1.165, 1.54) is 43.8 Å². The number of fused-ring (bicyclic) bond motifs is 12. The van der Waals surface area contributed by atoms with Gasteiger partial charge >= 0.3 is 0 Å². The van der Waals surface area contributed by atoms with Crippen LogP contribution in [0.2, 0.25) is 0 Å². The molecule has 1 aliphatic carbocycles. The van der Waals surface area contributed by atoms with Crippen LogP contribution in [-0.4, -0.2) is 15.0 Å². The fraction of sp³-hybridized carbons (Fsp3) is 0.0500. The highest BCUT2D eigenvalue weighted by atomic mass is 16.3. The van der Waals surface area contributed by atoms with Crippen LogP contribution >= 0.6 is 0 Å². The monoisotopic (exact) mass is 831 g/mol. The van der Waals surface area contributed by atoms with Crippen molar-refractivity contribution in [3.63, 3.8) is 0 Å². The first-order valence-corrected chi connectivity index (χ1v) is 22.3. The Morgan fingerprint density at radius 3 is 1.71 bits per heavy atom. The molecule has 5 heteroatoms. The summed E-state index contributed by atoms with van der Waals surface area (Å²) < 4.78 is 13.4. The summed E-state index contributed by atoms with van der Waals surface area (Å²) in [5.74, 6) is 1.80. The van der Waals surface area contributed by atoms with Gasteiger partial charge in [-0.3, -0.25) is 0 Å². The van der Waals surface area contributed by atoms with Gasteiger partial charge in [0.1, 0.15) is 22.3 Å². The number of aromatic nitrogens is 3. The normalized spacial score (nSPS) is 13.9. The Morgan fingerprint density at radius 1 is 0.369 bits per heavy atom. The predicted octanol–water partition coefficient (Wildman–Crippen LogP) is 15.9. The zero-order chi connectivity index (χ0) is 42.6. The third-order valence-corrected chi connectivity index (χ3v) is 13.7. The first-order chi connectivity index (χ1) is 32.2. The standard InChI is InChI=1S/C60H37N3O2/c1-2-12-36-30-42(22-21-35(36)11-1)58-61-59(43-24-26-46-45-17-7-9-19-53(45)64-55(46)34-43)63-60(62-58)49-28-27-47(57-56(49)48-18-8-10-20-54(48)65-57)44-25-23-41-29-37-13-3-4-14-38(37)31-50(41)52-33-40-16-6-5-15-39(40)32-51(44)52/h1-22,24,26-34,44H,23,25H2. The van der Waals surface area contributed by atoms with Crippen molar-refractivity contribution in [1.29, 1.82) is 0 Å². The van der Waals surface area contributed by atoms with E-state index in [9.17, 15) is 0 Å². The van der Waals surface area contributed by atoms with E-state index < -0.39 is 0 Å². The lowest BCUT2D eigenvalue weighted by molar-refractivity contribution is 0.647. The maximum absolute atomic E-state index is 7.05. The molecule has 0 bridgehead atoms. The van der Waals surface area contributed by atoms with Gasteiger partial charge in [-0.15, -0.1) is 0 Å². The highest BCUT2D eigenvalue weighted by Crippen LogP contribution is 2.48. The molecule has 14 rings (SSSR count). The van der Waals surface area contributed by atoms with Gasteiger partial charge in [0, 0.05) is 49.7 Å². The number of rotatable bonds is 4. The average molecular weight is 832 g/mol. The van der Waals surface area contributed by atoms with Crippen LogP contribution in [0.5, 0.6) is 0 Å². The summed E-state index contributed by atoms with van der Waals surface area (Å²) >= 11 is 0. The van der Waals surface area contributed by atoms with Crippen molar-refractivity contribution in [3.05, 3.63) is 211 Å². The summed E-state index contributed by atoms with van der Waals surface area (Å²) in [6.07, 6.45) is 1.86. The highest BCUT2D eigenvalue weighted by Gasteiger charge is 2.29. The fourth-order valence-electron chi connectivity index (χ4n) is 10.6. The summed E-state index contributed by atoms with van der Waals surface area (Å²) in [5.41, 5.74) is 12.4. The molecule has 0 amide bonds. The maximum atomic E-state index is 7.05. The largest absolute Gasteiger partial charge is 0.456 e. The molecule has 1 atom stereocenters. The molecule has 304 valence electrons. The van der Waals surface area contributed by atoms with E-state index >= 15 is 0 Å². The first kappa shape index (κ1) is 36.1. The molecule has 3 heterocycles. The SMILES string of the molecule is c1ccc2cc(-c3nc(-c4ccc5c(c4)oc4ccccc45)nc(-c4ccc(C5CCc6cc7ccccc7cc6-c6cc7ccccc7cc65)c5oc6ccccc6c45)n3)ccc2c1. The van der Waals surface area contributed by atoms with E-state index in [0.29, 0.717) is 17.5 Å². The zero-order valence-electron chi connectivity index (χ0n) is 35.1. The molecule has 0 aliphatic heterocycles. The van der Waals surface area contributed by atoms with Crippen molar-refractivity contribution in [2.24, 2.45) is 0 Å². The fourth-order valence-corrected chi connectivity index (χ4v) is 10.6. The second kappa shape index (κ2) is 14.0. The summed E-state index contributed by atoms with van der Waals surface area (Å²) in [6, 6.07) is 69.2. The van der Waals surface area contributed by atoms with Gasteiger partial charge in [0.25, 0.3) is 0 Å². The lowest BCUT2D eigenvalue weighted by Gasteiger charge is -2.21. The molecule has 3 aromatic heterocycles. The Kier molecular flexibility index (Phi) is 7.80. The Morgan fingerprint density at radius 2 is 0.938 bits per heavy atom. The minimum Gasteiger partial charge on any atom is -0.456 e. The van der Waals surface area contributed by atoms with Gasteiger partial charge < -0.3 is 8.83 Å². The maximum Gasteiger partial charge on any atom is 0.164 e. The third-order valence-electron chi connectivity index (χ3n) is 13.7. The van der Waals surface area contributed by atoms with Gasteiger partial charge in [0.05, 0.1) is 0 Å². The van der Waals surface area contributed by atoms with Crippen molar-refractivity contribution in [3.8, 4) is 45.3 Å². The van der Waals surface area contributed by atoms with Crippen LogP contribution in [0.1, 0.15) is 29.0 Å². The van der Waals surface area contributed by atoms with Crippen molar-refractivity contribution < 1.29 is 8.83 Å². The van der Waals surface area contributed by atoms with Crippen LogP contribution in [-0.2, 0) is 6.42 Å². The quantitative estimate of drug-likeness (QED) is 0.177. The number of hydrogen-bond donors (Lipinski definition) is 0. The molecule has 65 heavy (non-hydrogen) atoms. The molecule has 13 aromatic rings. The topological polar surface area (TPSA) is 65.0 Å². The van der Waals surface area contributed by atoms with E-state index in [4.69, 9.17) is 23.8 Å². The van der Waals surface area contributed by atoms with Gasteiger partial charge in [-0.25, -0.2) is 15.0 Å². The molecule has 1 unspecified atom stereocenters. The first-order valence-electron chi connectivity index (χ1n) is 22.3. The Labute approximate surface area is 373 Å². The Bertz CT molecular complexity index is 4100. The molecule has 1 aliphatic rings. The molecule has 0 saturated heterocycles. The van der Waals surface area contributed by atoms with Gasteiger partial charge in [0.15, 0.2) is 17.5 Å². The van der Waals surface area contributed by atoms with E-state index in [-0.39, 0.29) is 5.92 Å². The second-order valence-corrected chi connectivity index (χ2v) is 17.4. The van der Waals surface area contributed by atoms with E-state index in [1.807, 2.05) is 24.3 Å². The number of hydrogen-bond acceptors (Lipinski definition) is 5. The smallest absolute Gasteiger partial charge is 0.164 e. The van der Waals surface area contributed by atoms with Gasteiger partial charge in [-0.2, -0.15) is 0 Å². The number of para-hydroxylation sites is 2. The molecule has 10 aromatic carbocycles. The second-order valence-electron chi connectivity index (χ2n) is 17.4. The van der Waals surface area contributed by atoms with Crippen LogP contribution in [0.15, 0.2) is 203 Å². The number of aryl methyl sites for hydroxylation is 1. The molecular weight excluding hydrogens is 795 g/mol. The van der Waals surface area contributed by atoms with Crippen LogP contribution in [0.4, 0.5) is 0 Å². The molecule has 0 radical (unpaired) electrons. The van der Waals surface area contributed by atoms with E-state index in [0.717, 1.165) is 89.7 Å². The molecule has 0 spiro atoms. The summed E-state index contributed by atoms with van der Waals surface area (Å²) in [6.45, 7) is 0. The third kappa shape index (κ3) is 5.75. The summed E-state index contributed by atoms with van der Waals surface area (Å²) in [5, 5.41) is 11.4. The van der Waals surface area contributed by atoms with E-state index in [2.05, 4.69) is 170 Å². The highest BCUT2D eigenvalue weighted by molar-refractivity contribution is 6.13. The van der Waals surface area contributed by atoms with Crippen molar-refractivity contribution in [2.75, 3.05) is 0 Å². The van der Waals surface area contributed by atoms with Crippen molar-refractivity contribution in [2.45, 2.75) is 18.8 Å². The number of benzene rings is 10. The van der Waals surface area contributed by atoms with Crippen LogP contribution < -0.4 is 0 Å². The minimum absolute atomic E-state index is 0.0554. The van der Waals surface area contributed by atoms with E-state index in [1.54, 1.807) is 0 Å². The van der Waals surface area contributed by atoms with Crippen molar-refractivity contribution >= 4 is 76.2 Å². The van der Waals surface area contributed by atoms with Crippen LogP contribution in [0, 0.1) is 0 Å². The van der Waals surface area contributed by atoms with Crippen molar-refractivity contribution in [1.82, 2.24) is 15.0 Å². The molecular formula is C60H37N3O2. The molecule has 5 nitrogen and oxygen atoms in total. The average Bonchev–Trinajstić information content (AvgIpc) is 3.90. The predicted molar refractivity (Wildman–Crippen MR) is 265 cm³/mol. The summed E-state index contributed by atoms with van der Waals surface area (Å²) in [7, 11) is 0. The van der Waals surface area contributed by atoms with Gasteiger partial charge in [-0.1, -0.05) is 140 Å². The number of nitrogens with zero attached hydrogens (tertiary/aromatic N) is 3. The minimum atomic E-state index is 0.0554. The number of furan rings is 2. The Balaban J connectivity index is 0.997. The van der Waals surface area contributed by atoms with Gasteiger partial charge in [-0.05, 0) is 122 Å². The Hall–Kier alpha value is -8.41.